The van der Waals surface area contributed by atoms with E-state index < -0.39 is 11.8 Å². The van der Waals surface area contributed by atoms with Crippen LogP contribution in [-0.4, -0.2) is 16.8 Å². The minimum atomic E-state index is -0.518. The summed E-state index contributed by atoms with van der Waals surface area (Å²) in [6.07, 6.45) is 3.11. The molecule has 0 radical (unpaired) electrons. The largest absolute Gasteiger partial charge is 0.273 e. The molecule has 0 bridgehead atoms. The molecule has 0 spiro atoms. The number of hydrazine groups is 1. The van der Waals surface area contributed by atoms with Crippen molar-refractivity contribution in [3.8, 4) is 0 Å². The van der Waals surface area contributed by atoms with E-state index in [2.05, 4.69) is 0 Å². The molecular weight excluding hydrogens is 204 g/mol. The number of hydrogen-bond donors (Lipinski definition) is 1. The Bertz CT molecular complexity index is 399. The summed E-state index contributed by atoms with van der Waals surface area (Å²) in [7, 11) is 0. The number of imide groups is 1. The zero-order valence-electron chi connectivity index (χ0n) is 9.09. The highest BCUT2D eigenvalue weighted by atomic mass is 16.2. The standard InChI is InChI=1S/C12H14N2O2/c1-2-11(15)14(13)12(16)9-8-10-6-4-3-5-7-10/h3-9H,2,13H2,1H3. The summed E-state index contributed by atoms with van der Waals surface area (Å²) in [4.78, 5) is 22.5. The van der Waals surface area contributed by atoms with Crippen LogP contribution in [-0.2, 0) is 9.59 Å². The minimum absolute atomic E-state index is 0.210. The maximum atomic E-state index is 11.4. The van der Waals surface area contributed by atoms with Gasteiger partial charge in [-0.25, -0.2) is 10.9 Å². The van der Waals surface area contributed by atoms with Crippen LogP contribution in [0.15, 0.2) is 36.4 Å². The number of carbonyl (C=O) groups excluding carboxylic acids is 2. The zero-order valence-corrected chi connectivity index (χ0v) is 9.09. The van der Waals surface area contributed by atoms with E-state index >= 15 is 0 Å². The van der Waals surface area contributed by atoms with Crippen LogP contribution in [0.1, 0.15) is 18.9 Å². The summed E-state index contributed by atoms with van der Waals surface area (Å²) in [5.41, 5.74) is 0.883. The first kappa shape index (κ1) is 12.1. The molecule has 2 amide bonds. The molecule has 16 heavy (non-hydrogen) atoms. The fourth-order valence-electron chi connectivity index (χ4n) is 1.11. The molecule has 4 nitrogen and oxygen atoms in total. The maximum absolute atomic E-state index is 11.4. The lowest BCUT2D eigenvalue weighted by Crippen LogP contribution is -2.41. The molecule has 0 fully saturated rings. The van der Waals surface area contributed by atoms with Gasteiger partial charge in [-0.15, -0.1) is 0 Å². The van der Waals surface area contributed by atoms with Crippen molar-refractivity contribution in [3.63, 3.8) is 0 Å². The van der Waals surface area contributed by atoms with E-state index in [4.69, 9.17) is 5.84 Å². The van der Waals surface area contributed by atoms with E-state index in [9.17, 15) is 9.59 Å². The van der Waals surface area contributed by atoms with Crippen molar-refractivity contribution in [2.45, 2.75) is 13.3 Å². The summed E-state index contributed by atoms with van der Waals surface area (Å²) < 4.78 is 0. The van der Waals surface area contributed by atoms with Gasteiger partial charge in [0.25, 0.3) is 5.91 Å². The van der Waals surface area contributed by atoms with Gasteiger partial charge in [0.15, 0.2) is 0 Å². The number of amides is 2. The van der Waals surface area contributed by atoms with Crippen LogP contribution in [0, 0.1) is 0 Å². The van der Waals surface area contributed by atoms with Gasteiger partial charge in [0.05, 0.1) is 0 Å². The Balaban J connectivity index is 2.65. The average molecular weight is 218 g/mol. The van der Waals surface area contributed by atoms with Crippen LogP contribution >= 0.6 is 0 Å². The molecule has 1 aromatic rings. The lowest BCUT2D eigenvalue weighted by atomic mass is 10.2. The van der Waals surface area contributed by atoms with Crippen molar-refractivity contribution in [1.82, 2.24) is 5.01 Å². The number of carbonyl (C=O) groups is 2. The van der Waals surface area contributed by atoms with Gasteiger partial charge in [0, 0.05) is 12.5 Å². The predicted molar refractivity (Wildman–Crippen MR) is 61.8 cm³/mol. The Morgan fingerprint density at radius 1 is 1.31 bits per heavy atom. The minimum Gasteiger partial charge on any atom is -0.273 e. The zero-order chi connectivity index (χ0) is 12.0. The Morgan fingerprint density at radius 3 is 2.50 bits per heavy atom. The fraction of sp³-hybridized carbons (Fsp3) is 0.167. The molecule has 0 atom stereocenters. The van der Waals surface area contributed by atoms with E-state index in [0.717, 1.165) is 5.56 Å². The van der Waals surface area contributed by atoms with Crippen molar-refractivity contribution in [1.29, 1.82) is 0 Å². The molecule has 1 rings (SSSR count). The van der Waals surface area contributed by atoms with Crippen molar-refractivity contribution < 1.29 is 9.59 Å². The van der Waals surface area contributed by atoms with Gasteiger partial charge in [-0.3, -0.25) is 9.59 Å². The van der Waals surface area contributed by atoms with Crippen LogP contribution < -0.4 is 5.84 Å². The Hall–Kier alpha value is -1.94. The lowest BCUT2D eigenvalue weighted by molar-refractivity contribution is -0.142. The van der Waals surface area contributed by atoms with Crippen molar-refractivity contribution in [2.24, 2.45) is 5.84 Å². The molecule has 0 aromatic heterocycles. The molecule has 84 valence electrons. The molecule has 0 aliphatic heterocycles. The van der Waals surface area contributed by atoms with Gasteiger partial charge in [-0.1, -0.05) is 37.3 Å². The van der Waals surface area contributed by atoms with E-state index in [-0.39, 0.29) is 6.42 Å². The SMILES string of the molecule is CCC(=O)N(N)C(=O)C=Cc1ccccc1. The molecule has 4 heteroatoms. The van der Waals surface area contributed by atoms with Gasteiger partial charge in [-0.2, -0.15) is 0 Å². The van der Waals surface area contributed by atoms with Crippen molar-refractivity contribution in [2.75, 3.05) is 0 Å². The number of rotatable bonds is 3. The molecule has 0 saturated carbocycles. The second kappa shape index (κ2) is 5.82. The third kappa shape index (κ3) is 3.33. The molecular formula is C12H14N2O2. The highest BCUT2D eigenvalue weighted by Crippen LogP contribution is 2.01. The maximum Gasteiger partial charge on any atom is 0.267 e. The van der Waals surface area contributed by atoms with Crippen LogP contribution in [0.4, 0.5) is 0 Å². The number of benzene rings is 1. The van der Waals surface area contributed by atoms with Crippen LogP contribution in [0.2, 0.25) is 0 Å². The summed E-state index contributed by atoms with van der Waals surface area (Å²) in [5.74, 6) is 4.40. The topological polar surface area (TPSA) is 63.4 Å². The van der Waals surface area contributed by atoms with Gasteiger partial charge in [-0.05, 0) is 11.6 Å². The molecule has 0 unspecified atom stereocenters. The first-order chi connectivity index (χ1) is 7.65. The average Bonchev–Trinajstić information content (AvgIpc) is 2.35. The second-order valence-corrected chi connectivity index (χ2v) is 3.20. The third-order valence-electron chi connectivity index (χ3n) is 2.03. The quantitative estimate of drug-likeness (QED) is 0.360. The molecule has 0 aliphatic carbocycles. The highest BCUT2D eigenvalue weighted by molar-refractivity contribution is 6.02. The van der Waals surface area contributed by atoms with E-state index in [0.29, 0.717) is 5.01 Å². The molecule has 2 N–H and O–H groups in total. The van der Waals surface area contributed by atoms with E-state index in [1.54, 1.807) is 13.0 Å². The first-order valence-corrected chi connectivity index (χ1v) is 5.00. The number of nitrogens with zero attached hydrogens (tertiary/aromatic N) is 1. The Labute approximate surface area is 94.3 Å². The number of hydrogen-bond acceptors (Lipinski definition) is 3. The first-order valence-electron chi connectivity index (χ1n) is 5.00. The summed E-state index contributed by atoms with van der Waals surface area (Å²) in [6, 6.07) is 9.32. The van der Waals surface area contributed by atoms with Crippen molar-refractivity contribution >= 4 is 17.9 Å². The second-order valence-electron chi connectivity index (χ2n) is 3.20. The van der Waals surface area contributed by atoms with Crippen molar-refractivity contribution in [3.05, 3.63) is 42.0 Å². The van der Waals surface area contributed by atoms with E-state index in [1.165, 1.54) is 6.08 Å². The van der Waals surface area contributed by atoms with E-state index in [1.807, 2.05) is 30.3 Å². The van der Waals surface area contributed by atoms with Gasteiger partial charge in [0.2, 0.25) is 5.91 Å². The van der Waals surface area contributed by atoms with Crippen LogP contribution in [0.3, 0.4) is 0 Å². The predicted octanol–water partition coefficient (Wildman–Crippen LogP) is 1.34. The monoisotopic (exact) mass is 218 g/mol. The molecule has 0 heterocycles. The summed E-state index contributed by atoms with van der Waals surface area (Å²) in [5, 5.41) is 0.624. The van der Waals surface area contributed by atoms with Crippen LogP contribution in [0.5, 0.6) is 0 Å². The number of nitrogens with two attached hydrogens (primary N) is 1. The van der Waals surface area contributed by atoms with Gasteiger partial charge >= 0.3 is 0 Å². The third-order valence-corrected chi connectivity index (χ3v) is 2.03. The highest BCUT2D eigenvalue weighted by Gasteiger charge is 2.12. The molecule has 0 saturated heterocycles. The summed E-state index contributed by atoms with van der Waals surface area (Å²) in [6.45, 7) is 1.65. The molecule has 1 aromatic carbocycles. The normalized spacial score (nSPS) is 10.4. The Kier molecular flexibility index (Phi) is 4.42. The van der Waals surface area contributed by atoms with Gasteiger partial charge < -0.3 is 0 Å². The fourth-order valence-corrected chi connectivity index (χ4v) is 1.11. The smallest absolute Gasteiger partial charge is 0.267 e. The van der Waals surface area contributed by atoms with Crippen LogP contribution in [0.25, 0.3) is 6.08 Å². The summed E-state index contributed by atoms with van der Waals surface area (Å²) >= 11 is 0. The van der Waals surface area contributed by atoms with Gasteiger partial charge in [0.1, 0.15) is 0 Å². The Morgan fingerprint density at radius 2 is 1.94 bits per heavy atom. The molecule has 0 aliphatic rings. The lowest BCUT2D eigenvalue weighted by Gasteiger charge is -2.10.